The Labute approximate surface area is 223 Å². The molecule has 3 aromatic rings. The Morgan fingerprint density at radius 2 is 1.89 bits per heavy atom. The minimum Gasteiger partial charge on any atom is -0.364 e. The molecule has 14 heteroatoms. The molecule has 0 fully saturated rings. The minimum atomic E-state index is -3.68. The van der Waals surface area contributed by atoms with Gasteiger partial charge in [-0.25, -0.2) is 14.5 Å². The van der Waals surface area contributed by atoms with E-state index in [1.807, 2.05) is 13.0 Å². The molecule has 0 aliphatic carbocycles. The summed E-state index contributed by atoms with van der Waals surface area (Å²) in [5.41, 5.74) is 1.27. The number of halogens is 1. The van der Waals surface area contributed by atoms with Crippen LogP contribution in [-0.2, 0) is 18.1 Å². The molecule has 2 atom stereocenters. The molecular weight excluding hydrogens is 545 g/mol. The van der Waals surface area contributed by atoms with Gasteiger partial charge in [-0.1, -0.05) is 48.5 Å². The third-order valence-electron chi connectivity index (χ3n) is 4.81. The molecule has 0 saturated heterocycles. The van der Waals surface area contributed by atoms with Crippen LogP contribution in [-0.4, -0.2) is 45.8 Å². The highest BCUT2D eigenvalue weighted by atomic mass is 35.5. The van der Waals surface area contributed by atoms with Crippen molar-refractivity contribution in [3.8, 4) is 0 Å². The second-order valence-electron chi connectivity index (χ2n) is 8.26. The predicted molar refractivity (Wildman–Crippen MR) is 145 cm³/mol. The van der Waals surface area contributed by atoms with E-state index in [0.717, 1.165) is 17.0 Å². The first-order chi connectivity index (χ1) is 17.1. The fraction of sp³-hybridized carbons (Fsp3) is 0.545. The van der Waals surface area contributed by atoms with E-state index in [0.29, 0.717) is 38.7 Å². The van der Waals surface area contributed by atoms with Crippen molar-refractivity contribution in [2.75, 3.05) is 25.1 Å². The first-order valence-electron chi connectivity index (χ1n) is 11.6. The summed E-state index contributed by atoms with van der Waals surface area (Å²) in [4.78, 5) is 28.3. The van der Waals surface area contributed by atoms with Crippen LogP contribution in [0.25, 0.3) is 10.3 Å². The Hall–Kier alpha value is -1.53. The Morgan fingerprint density at radius 3 is 2.50 bits per heavy atom. The average molecular weight is 576 g/mol. The highest BCUT2D eigenvalue weighted by Crippen LogP contribution is 2.49. The highest BCUT2D eigenvalue weighted by molar-refractivity contribution is 7.99. The molecule has 1 unspecified atom stereocenters. The van der Waals surface area contributed by atoms with Crippen LogP contribution in [0.4, 0.5) is 5.82 Å². The van der Waals surface area contributed by atoms with Gasteiger partial charge in [0.15, 0.2) is 16.6 Å². The number of aromatic amines is 1. The number of hydrogen-bond donors (Lipinski definition) is 2. The van der Waals surface area contributed by atoms with Gasteiger partial charge in [0.05, 0.1) is 41.8 Å². The summed E-state index contributed by atoms with van der Waals surface area (Å²) in [7, 11) is -3.68. The van der Waals surface area contributed by atoms with Gasteiger partial charge in [-0.3, -0.25) is 28.3 Å². The smallest absolute Gasteiger partial charge is 0.364 e. The van der Waals surface area contributed by atoms with E-state index in [-0.39, 0.29) is 36.0 Å². The largest absolute Gasteiger partial charge is 0.474 e. The van der Waals surface area contributed by atoms with Crippen molar-refractivity contribution < 1.29 is 18.1 Å². The molecule has 0 aromatic carbocycles. The Kier molecular flexibility index (Phi) is 10.7. The zero-order chi connectivity index (χ0) is 26.3. The number of pyridine rings is 1. The Bertz CT molecular complexity index is 1230. The van der Waals surface area contributed by atoms with Crippen LogP contribution in [0.2, 0.25) is 5.02 Å². The van der Waals surface area contributed by atoms with Gasteiger partial charge in [0.1, 0.15) is 4.70 Å². The quantitative estimate of drug-likeness (QED) is 0.128. The third-order valence-corrected chi connectivity index (χ3v) is 8.52. The number of rotatable bonds is 14. The van der Waals surface area contributed by atoms with Crippen molar-refractivity contribution in [3.63, 3.8) is 0 Å². The predicted octanol–water partition coefficient (Wildman–Crippen LogP) is 6.31. The number of hydrogen-bond acceptors (Lipinski definition) is 11. The van der Waals surface area contributed by atoms with Crippen LogP contribution in [0.5, 0.6) is 0 Å². The van der Waals surface area contributed by atoms with E-state index < -0.39 is 7.82 Å². The lowest BCUT2D eigenvalue weighted by Crippen LogP contribution is -2.28. The van der Waals surface area contributed by atoms with E-state index in [2.05, 4.69) is 34.1 Å². The molecular formula is C22H31ClN5O5PS2. The van der Waals surface area contributed by atoms with E-state index in [4.69, 9.17) is 30.2 Å². The van der Waals surface area contributed by atoms with Crippen molar-refractivity contribution in [1.29, 1.82) is 0 Å². The molecule has 2 N–H and O–H groups in total. The first kappa shape index (κ1) is 29.0. The van der Waals surface area contributed by atoms with Gasteiger partial charge in [-0.15, -0.1) is 0 Å². The second-order valence-corrected chi connectivity index (χ2v) is 12.7. The molecule has 0 bridgehead atoms. The van der Waals surface area contributed by atoms with Crippen molar-refractivity contribution in [1.82, 2.24) is 19.9 Å². The fourth-order valence-corrected chi connectivity index (χ4v) is 6.29. The normalized spacial score (nSPS) is 13.9. The van der Waals surface area contributed by atoms with Crippen LogP contribution < -0.4 is 10.2 Å². The number of phosphoric acid groups is 1. The maximum absolute atomic E-state index is 12.8. The van der Waals surface area contributed by atoms with E-state index >= 15 is 0 Å². The van der Waals surface area contributed by atoms with Gasteiger partial charge in [0.2, 0.25) is 0 Å². The summed E-state index contributed by atoms with van der Waals surface area (Å²) in [6, 6.07) is 3.37. The maximum Gasteiger partial charge on any atom is 0.474 e. The molecule has 0 spiro atoms. The molecule has 198 valence electrons. The Balaban J connectivity index is 1.87. The topological polar surface area (TPSA) is 128 Å². The summed E-state index contributed by atoms with van der Waals surface area (Å²) >= 11 is 8.40. The standard InChI is InChI=1S/C22H31ClN5O5PS2/c1-6-31-34(30,32-7-2)33-12-16(10-13(3)4)25-19-18-20(28-22(29)36-18)27-21(26-19)35-14(5)17-9-8-15(23)11-24-17/h8-9,11,13-14,16H,6-7,10,12H2,1-5H3,(H2,25,26,27,28,29)/t14-,16?/m0/s1. The van der Waals surface area contributed by atoms with Crippen molar-refractivity contribution >= 4 is 58.7 Å². The minimum absolute atomic E-state index is 0.0593. The molecule has 0 aliphatic rings. The number of fused-ring (bicyclic) bond motifs is 1. The zero-order valence-electron chi connectivity index (χ0n) is 20.8. The van der Waals surface area contributed by atoms with Crippen LogP contribution in [0.15, 0.2) is 28.3 Å². The summed E-state index contributed by atoms with van der Waals surface area (Å²) < 4.78 is 29.6. The number of thioether (sulfide) groups is 1. The number of nitrogens with one attached hydrogen (secondary N) is 2. The number of thiazole rings is 1. The van der Waals surface area contributed by atoms with Gasteiger partial charge in [0, 0.05) is 6.20 Å². The lowest BCUT2D eigenvalue weighted by atomic mass is 10.0. The third kappa shape index (κ3) is 8.24. The molecule has 0 radical (unpaired) electrons. The zero-order valence-corrected chi connectivity index (χ0v) is 24.1. The molecule has 0 saturated carbocycles. The van der Waals surface area contributed by atoms with E-state index in [9.17, 15) is 9.36 Å². The lowest BCUT2D eigenvalue weighted by molar-refractivity contribution is 0.116. The van der Waals surface area contributed by atoms with Crippen molar-refractivity contribution in [2.24, 2.45) is 5.92 Å². The highest BCUT2D eigenvalue weighted by Gasteiger charge is 2.28. The monoisotopic (exact) mass is 575 g/mol. The molecule has 3 rings (SSSR count). The molecule has 36 heavy (non-hydrogen) atoms. The summed E-state index contributed by atoms with van der Waals surface area (Å²) in [5, 5.41) is 4.36. The summed E-state index contributed by atoms with van der Waals surface area (Å²) in [6.45, 7) is 10.1. The number of phosphoric ester groups is 1. The fourth-order valence-electron chi connectivity index (χ4n) is 3.36. The summed E-state index contributed by atoms with van der Waals surface area (Å²) in [6.07, 6.45) is 2.29. The molecule has 10 nitrogen and oxygen atoms in total. The number of nitrogens with zero attached hydrogens (tertiary/aromatic N) is 3. The van der Waals surface area contributed by atoms with Gasteiger partial charge in [0.25, 0.3) is 0 Å². The van der Waals surface area contributed by atoms with Crippen molar-refractivity contribution in [3.05, 3.63) is 38.7 Å². The maximum atomic E-state index is 12.8. The average Bonchev–Trinajstić information content (AvgIpc) is 3.18. The van der Waals surface area contributed by atoms with Gasteiger partial charge >= 0.3 is 12.7 Å². The van der Waals surface area contributed by atoms with Crippen LogP contribution in [0.1, 0.15) is 52.0 Å². The molecule has 0 aliphatic heterocycles. The van der Waals surface area contributed by atoms with Crippen LogP contribution in [0.3, 0.4) is 0 Å². The molecule has 3 aromatic heterocycles. The first-order valence-corrected chi connectivity index (χ1v) is 15.1. The number of aromatic nitrogens is 4. The lowest BCUT2D eigenvalue weighted by Gasteiger charge is -2.24. The molecule has 0 amide bonds. The SMILES string of the molecule is CCOP(=O)(OCC)OCC(CC(C)C)Nc1nc(S[C@@H](C)c2ccc(Cl)cn2)nc2[nH]c(=O)sc12. The number of H-pyrrole nitrogens is 1. The second kappa shape index (κ2) is 13.3. The Morgan fingerprint density at radius 1 is 1.17 bits per heavy atom. The number of anilines is 1. The van der Waals surface area contributed by atoms with Crippen LogP contribution in [0, 0.1) is 5.92 Å². The van der Waals surface area contributed by atoms with E-state index in [1.165, 1.54) is 11.8 Å². The van der Waals surface area contributed by atoms with Crippen molar-refractivity contribution in [2.45, 2.75) is 57.5 Å². The van der Waals surface area contributed by atoms with Gasteiger partial charge in [-0.05, 0) is 45.2 Å². The van der Waals surface area contributed by atoms with Gasteiger partial charge in [-0.2, -0.15) is 0 Å². The van der Waals surface area contributed by atoms with E-state index in [1.54, 1.807) is 26.1 Å². The van der Waals surface area contributed by atoms with Gasteiger partial charge < -0.3 is 5.32 Å². The summed E-state index contributed by atoms with van der Waals surface area (Å²) in [5.74, 6) is 0.802. The van der Waals surface area contributed by atoms with Crippen LogP contribution >= 0.6 is 42.5 Å². The molecule has 3 heterocycles.